The molecule has 1 rings (SSSR count). The molecule has 0 aliphatic carbocycles. The third-order valence-corrected chi connectivity index (χ3v) is 2.34. The summed E-state index contributed by atoms with van der Waals surface area (Å²) in [5, 5.41) is 13.5. The van der Waals surface area contributed by atoms with E-state index in [1.54, 1.807) is 12.1 Å². The van der Waals surface area contributed by atoms with Crippen molar-refractivity contribution in [1.29, 1.82) is 0 Å². The van der Waals surface area contributed by atoms with Gasteiger partial charge in [0.25, 0.3) is 5.69 Å². The minimum absolute atomic E-state index is 0.0427. The summed E-state index contributed by atoms with van der Waals surface area (Å²) in [4.78, 5) is 20.7. The number of hydrogen-bond donors (Lipinski definition) is 2. The van der Waals surface area contributed by atoms with Crippen molar-refractivity contribution in [1.82, 2.24) is 0 Å². The van der Waals surface area contributed by atoms with Crippen LogP contribution in [0.3, 0.4) is 0 Å². The molecule has 0 unspecified atom stereocenters. The normalized spacial score (nSPS) is 9.81. The Kier molecular flexibility index (Phi) is 4.24. The fourth-order valence-corrected chi connectivity index (χ4v) is 1.47. The summed E-state index contributed by atoms with van der Waals surface area (Å²) in [6.07, 6.45) is 0.132. The standard InChI is InChI=1S/C9H10BrN3O3/c10-6-1-2-7(8(5-6)13(15)16)12-4-3-9(11)14/h1-2,5,12H,3-4H2,(H2,11,14). The maximum atomic E-state index is 10.7. The summed E-state index contributed by atoms with van der Waals surface area (Å²) in [5.41, 5.74) is 5.29. The van der Waals surface area contributed by atoms with Gasteiger partial charge in [0.15, 0.2) is 0 Å². The fraction of sp³-hybridized carbons (Fsp3) is 0.222. The van der Waals surface area contributed by atoms with E-state index in [0.29, 0.717) is 10.2 Å². The summed E-state index contributed by atoms with van der Waals surface area (Å²) >= 11 is 3.15. The molecule has 0 spiro atoms. The number of halogens is 1. The van der Waals surface area contributed by atoms with Gasteiger partial charge in [0, 0.05) is 23.5 Å². The van der Waals surface area contributed by atoms with Gasteiger partial charge in [-0.1, -0.05) is 15.9 Å². The van der Waals surface area contributed by atoms with Gasteiger partial charge >= 0.3 is 0 Å². The van der Waals surface area contributed by atoms with Crippen LogP contribution < -0.4 is 11.1 Å². The van der Waals surface area contributed by atoms with Crippen molar-refractivity contribution >= 4 is 33.2 Å². The molecule has 0 aromatic heterocycles. The molecule has 0 heterocycles. The highest BCUT2D eigenvalue weighted by Crippen LogP contribution is 2.27. The number of anilines is 1. The topological polar surface area (TPSA) is 98.3 Å². The lowest BCUT2D eigenvalue weighted by molar-refractivity contribution is -0.384. The van der Waals surface area contributed by atoms with E-state index in [1.165, 1.54) is 6.07 Å². The van der Waals surface area contributed by atoms with Crippen LogP contribution in [0, 0.1) is 10.1 Å². The predicted octanol–water partition coefficient (Wildman–Crippen LogP) is 1.64. The summed E-state index contributed by atoms with van der Waals surface area (Å²) in [5.74, 6) is -0.452. The number of carbonyl (C=O) groups is 1. The van der Waals surface area contributed by atoms with Gasteiger partial charge in [-0.05, 0) is 12.1 Å². The number of amides is 1. The number of benzene rings is 1. The predicted molar refractivity (Wildman–Crippen MR) is 63.1 cm³/mol. The third kappa shape index (κ3) is 3.50. The first kappa shape index (κ1) is 12.4. The largest absolute Gasteiger partial charge is 0.379 e. The average molecular weight is 288 g/mol. The molecule has 7 heteroatoms. The molecule has 0 bridgehead atoms. The molecular weight excluding hydrogens is 278 g/mol. The van der Waals surface area contributed by atoms with Crippen molar-refractivity contribution in [2.45, 2.75) is 6.42 Å². The van der Waals surface area contributed by atoms with Crippen LogP contribution in [0.4, 0.5) is 11.4 Å². The van der Waals surface area contributed by atoms with Crippen molar-refractivity contribution in [3.8, 4) is 0 Å². The Balaban J connectivity index is 2.78. The molecule has 1 amide bonds. The van der Waals surface area contributed by atoms with Crippen LogP contribution in [0.2, 0.25) is 0 Å². The SMILES string of the molecule is NC(=O)CCNc1ccc(Br)cc1[N+](=O)[O-]. The molecule has 6 nitrogen and oxygen atoms in total. The molecule has 0 aliphatic heterocycles. The van der Waals surface area contributed by atoms with Crippen LogP contribution in [0.1, 0.15) is 6.42 Å². The summed E-state index contributed by atoms with van der Waals surface area (Å²) in [7, 11) is 0. The zero-order valence-electron chi connectivity index (χ0n) is 8.27. The van der Waals surface area contributed by atoms with E-state index >= 15 is 0 Å². The summed E-state index contributed by atoms with van der Waals surface area (Å²) < 4.78 is 0.625. The van der Waals surface area contributed by atoms with Crippen molar-refractivity contribution in [3.05, 3.63) is 32.8 Å². The van der Waals surface area contributed by atoms with E-state index in [1.807, 2.05) is 0 Å². The number of nitro groups is 1. The highest BCUT2D eigenvalue weighted by molar-refractivity contribution is 9.10. The van der Waals surface area contributed by atoms with Gasteiger partial charge in [-0.3, -0.25) is 14.9 Å². The lowest BCUT2D eigenvalue weighted by Gasteiger charge is -2.05. The highest BCUT2D eigenvalue weighted by Gasteiger charge is 2.13. The highest BCUT2D eigenvalue weighted by atomic mass is 79.9. The molecule has 1 aromatic rings. The van der Waals surface area contributed by atoms with E-state index in [0.717, 1.165) is 0 Å². The maximum absolute atomic E-state index is 10.7. The first-order chi connectivity index (χ1) is 7.50. The number of hydrogen-bond acceptors (Lipinski definition) is 4. The smallest absolute Gasteiger partial charge is 0.293 e. The molecule has 0 atom stereocenters. The van der Waals surface area contributed by atoms with Crippen LogP contribution in [-0.4, -0.2) is 17.4 Å². The fourth-order valence-electron chi connectivity index (χ4n) is 1.13. The third-order valence-electron chi connectivity index (χ3n) is 1.84. The Morgan fingerprint density at radius 1 is 1.56 bits per heavy atom. The zero-order chi connectivity index (χ0) is 12.1. The Labute approximate surface area is 100 Å². The van der Waals surface area contributed by atoms with E-state index < -0.39 is 10.8 Å². The second-order valence-corrected chi connectivity index (χ2v) is 3.98. The van der Waals surface area contributed by atoms with E-state index in [2.05, 4.69) is 21.2 Å². The zero-order valence-corrected chi connectivity index (χ0v) is 9.86. The minimum Gasteiger partial charge on any atom is -0.379 e. The van der Waals surface area contributed by atoms with Crippen LogP contribution >= 0.6 is 15.9 Å². The molecule has 86 valence electrons. The van der Waals surface area contributed by atoms with Gasteiger partial charge in [-0.2, -0.15) is 0 Å². The molecule has 1 aromatic carbocycles. The molecule has 0 saturated heterocycles. The maximum Gasteiger partial charge on any atom is 0.293 e. The minimum atomic E-state index is -0.489. The van der Waals surface area contributed by atoms with Crippen LogP contribution in [0.15, 0.2) is 22.7 Å². The number of nitro benzene ring substituents is 1. The average Bonchev–Trinajstić information content (AvgIpc) is 2.19. The monoisotopic (exact) mass is 287 g/mol. The summed E-state index contributed by atoms with van der Waals surface area (Å²) in [6.45, 7) is 0.276. The molecule has 3 N–H and O–H groups in total. The quantitative estimate of drug-likeness (QED) is 0.635. The van der Waals surface area contributed by atoms with Gasteiger partial charge < -0.3 is 11.1 Å². The number of nitrogens with zero attached hydrogens (tertiary/aromatic N) is 1. The van der Waals surface area contributed by atoms with Gasteiger partial charge in [0.2, 0.25) is 5.91 Å². The van der Waals surface area contributed by atoms with Gasteiger partial charge in [0.05, 0.1) is 4.92 Å². The molecule has 0 fully saturated rings. The Morgan fingerprint density at radius 2 is 2.25 bits per heavy atom. The second kappa shape index (κ2) is 5.45. The van der Waals surface area contributed by atoms with Crippen molar-refractivity contribution < 1.29 is 9.72 Å². The van der Waals surface area contributed by atoms with Gasteiger partial charge in [0.1, 0.15) is 5.69 Å². The van der Waals surface area contributed by atoms with Crippen LogP contribution in [0.25, 0.3) is 0 Å². The number of nitrogens with two attached hydrogens (primary N) is 1. The Morgan fingerprint density at radius 3 is 2.81 bits per heavy atom. The second-order valence-electron chi connectivity index (χ2n) is 3.06. The Bertz CT molecular complexity index is 422. The van der Waals surface area contributed by atoms with E-state index in [4.69, 9.17) is 5.73 Å². The van der Waals surface area contributed by atoms with Crippen molar-refractivity contribution in [2.24, 2.45) is 5.73 Å². The summed E-state index contributed by atoms with van der Waals surface area (Å²) in [6, 6.07) is 4.65. The number of carbonyl (C=O) groups excluding carboxylic acids is 1. The molecular formula is C9H10BrN3O3. The van der Waals surface area contributed by atoms with E-state index in [-0.39, 0.29) is 18.7 Å². The first-order valence-corrected chi connectivity index (χ1v) is 5.26. The van der Waals surface area contributed by atoms with Gasteiger partial charge in [-0.25, -0.2) is 0 Å². The number of primary amides is 1. The van der Waals surface area contributed by atoms with E-state index in [9.17, 15) is 14.9 Å². The van der Waals surface area contributed by atoms with Crippen molar-refractivity contribution in [3.63, 3.8) is 0 Å². The Hall–Kier alpha value is -1.63. The molecule has 0 aliphatic rings. The molecule has 0 radical (unpaired) electrons. The van der Waals surface area contributed by atoms with Crippen LogP contribution in [-0.2, 0) is 4.79 Å². The molecule has 0 saturated carbocycles. The number of nitrogens with one attached hydrogen (secondary N) is 1. The van der Waals surface area contributed by atoms with Crippen LogP contribution in [0.5, 0.6) is 0 Å². The lowest BCUT2D eigenvalue weighted by atomic mass is 10.2. The van der Waals surface area contributed by atoms with Gasteiger partial charge in [-0.15, -0.1) is 0 Å². The van der Waals surface area contributed by atoms with Crippen molar-refractivity contribution in [2.75, 3.05) is 11.9 Å². The lowest BCUT2D eigenvalue weighted by Crippen LogP contribution is -2.16. The molecule has 16 heavy (non-hydrogen) atoms. The first-order valence-electron chi connectivity index (χ1n) is 4.47. The number of rotatable bonds is 5.